The molecule has 27 heavy (non-hydrogen) atoms. The molecule has 1 heterocycles. The highest BCUT2D eigenvalue weighted by Crippen LogP contribution is 2.28. The number of nitrogens with one attached hydrogen (secondary N) is 1. The van der Waals surface area contributed by atoms with E-state index >= 15 is 0 Å². The molecule has 3 rings (SSSR count). The number of hydrogen-bond donors (Lipinski definition) is 1. The number of halogens is 2. The van der Waals surface area contributed by atoms with Crippen LogP contribution >= 0.6 is 23.1 Å². The smallest absolute Gasteiger partial charge is 0.237 e. The van der Waals surface area contributed by atoms with Crippen molar-refractivity contribution in [3.05, 3.63) is 60.2 Å². The van der Waals surface area contributed by atoms with Crippen LogP contribution in [0.1, 0.15) is 6.92 Å². The number of benzene rings is 2. The Morgan fingerprint density at radius 2 is 1.93 bits per heavy atom. The molecule has 0 saturated heterocycles. The van der Waals surface area contributed by atoms with Gasteiger partial charge < -0.3 is 10.2 Å². The van der Waals surface area contributed by atoms with Gasteiger partial charge in [0.25, 0.3) is 0 Å². The van der Waals surface area contributed by atoms with Crippen molar-refractivity contribution in [3.63, 3.8) is 0 Å². The molecular formula is C18H16F2N4OS2. The molecule has 140 valence electrons. The van der Waals surface area contributed by atoms with Crippen LogP contribution < -0.4 is 10.2 Å². The number of aromatic nitrogens is 2. The average Bonchev–Trinajstić information content (AvgIpc) is 3.09. The predicted molar refractivity (Wildman–Crippen MR) is 105 cm³/mol. The molecule has 0 atom stereocenters. The highest BCUT2D eigenvalue weighted by Gasteiger charge is 2.16. The maximum absolute atomic E-state index is 13.2. The highest BCUT2D eigenvalue weighted by molar-refractivity contribution is 8.01. The van der Waals surface area contributed by atoms with Crippen molar-refractivity contribution in [2.45, 2.75) is 11.3 Å². The molecule has 0 aliphatic carbocycles. The summed E-state index contributed by atoms with van der Waals surface area (Å²) in [5.41, 5.74) is 1.22. The Balaban J connectivity index is 1.58. The lowest BCUT2D eigenvalue weighted by Gasteiger charge is -2.20. The summed E-state index contributed by atoms with van der Waals surface area (Å²) in [7, 11) is 0. The molecule has 1 N–H and O–H groups in total. The van der Waals surface area contributed by atoms with Crippen LogP contribution in [0.4, 0.5) is 25.3 Å². The van der Waals surface area contributed by atoms with Gasteiger partial charge in [0.1, 0.15) is 11.6 Å². The molecule has 9 heteroatoms. The second kappa shape index (κ2) is 8.92. The van der Waals surface area contributed by atoms with Gasteiger partial charge in [-0.15, -0.1) is 10.2 Å². The zero-order valence-electron chi connectivity index (χ0n) is 14.4. The van der Waals surface area contributed by atoms with Crippen LogP contribution in [-0.4, -0.2) is 28.4 Å². The molecule has 0 aliphatic rings. The number of rotatable bonds is 7. The molecule has 0 radical (unpaired) electrons. The summed E-state index contributed by atoms with van der Waals surface area (Å²) in [5.74, 6) is -0.613. The molecule has 0 saturated carbocycles. The minimum absolute atomic E-state index is 0.107. The van der Waals surface area contributed by atoms with Crippen LogP contribution in [-0.2, 0) is 4.79 Å². The van der Waals surface area contributed by atoms with Crippen LogP contribution in [0.5, 0.6) is 0 Å². The molecule has 1 aromatic heterocycles. The molecule has 0 unspecified atom stereocenters. The average molecular weight is 406 g/mol. The monoisotopic (exact) mass is 406 g/mol. The Kier molecular flexibility index (Phi) is 6.36. The van der Waals surface area contributed by atoms with E-state index in [0.717, 1.165) is 0 Å². The number of anilines is 3. The minimum Gasteiger partial charge on any atom is -0.330 e. The van der Waals surface area contributed by atoms with Crippen molar-refractivity contribution in [3.8, 4) is 0 Å². The summed E-state index contributed by atoms with van der Waals surface area (Å²) in [6, 6.07) is 11.9. The van der Waals surface area contributed by atoms with Gasteiger partial charge in [0, 0.05) is 17.9 Å². The first kappa shape index (κ1) is 19.2. The fourth-order valence-electron chi connectivity index (χ4n) is 2.33. The number of nitrogens with zero attached hydrogens (tertiary/aromatic N) is 3. The topological polar surface area (TPSA) is 58.1 Å². The normalized spacial score (nSPS) is 10.6. The number of carbonyl (C=O) groups is 1. The second-order valence-electron chi connectivity index (χ2n) is 5.41. The van der Waals surface area contributed by atoms with Gasteiger partial charge in [-0.2, -0.15) is 0 Å². The fraction of sp³-hybridized carbons (Fsp3) is 0.167. The van der Waals surface area contributed by atoms with Crippen molar-refractivity contribution in [1.29, 1.82) is 0 Å². The Bertz CT molecular complexity index is 918. The quantitative estimate of drug-likeness (QED) is 0.576. The van der Waals surface area contributed by atoms with E-state index in [1.54, 1.807) is 29.2 Å². The number of carbonyl (C=O) groups excluding carboxylic acids is 1. The fourth-order valence-corrected chi connectivity index (χ4v) is 3.98. The van der Waals surface area contributed by atoms with Gasteiger partial charge in [-0.25, -0.2) is 8.78 Å². The van der Waals surface area contributed by atoms with E-state index in [0.29, 0.717) is 27.4 Å². The Morgan fingerprint density at radius 1 is 1.15 bits per heavy atom. The predicted octanol–water partition coefficient (Wildman–Crippen LogP) is 4.71. The molecule has 1 amide bonds. The van der Waals surface area contributed by atoms with E-state index in [1.165, 1.54) is 47.4 Å². The third-order valence-corrected chi connectivity index (χ3v) is 5.51. The van der Waals surface area contributed by atoms with E-state index < -0.39 is 0 Å². The molecule has 5 nitrogen and oxygen atoms in total. The lowest BCUT2D eigenvalue weighted by Crippen LogP contribution is -2.32. The molecule has 0 aliphatic heterocycles. The first-order valence-corrected chi connectivity index (χ1v) is 9.90. The Hall–Kier alpha value is -2.52. The summed E-state index contributed by atoms with van der Waals surface area (Å²) in [5, 5.41) is 11.5. The molecular weight excluding hydrogens is 390 g/mol. The van der Waals surface area contributed by atoms with Gasteiger partial charge in [-0.3, -0.25) is 4.79 Å². The molecule has 3 aromatic rings. The third-order valence-electron chi connectivity index (χ3n) is 3.56. The zero-order valence-corrected chi connectivity index (χ0v) is 16.0. The van der Waals surface area contributed by atoms with Crippen molar-refractivity contribution >= 4 is 45.5 Å². The third kappa shape index (κ3) is 5.24. The first-order valence-electron chi connectivity index (χ1n) is 8.10. The molecule has 0 bridgehead atoms. The van der Waals surface area contributed by atoms with Crippen molar-refractivity contribution in [2.24, 2.45) is 0 Å². The van der Waals surface area contributed by atoms with E-state index in [-0.39, 0.29) is 23.3 Å². The second-order valence-corrected chi connectivity index (χ2v) is 7.61. The van der Waals surface area contributed by atoms with Crippen molar-refractivity contribution in [2.75, 3.05) is 22.5 Å². The Labute approximate surface area is 163 Å². The van der Waals surface area contributed by atoms with Crippen LogP contribution in [0, 0.1) is 11.6 Å². The summed E-state index contributed by atoms with van der Waals surface area (Å²) in [4.78, 5) is 14.1. The maximum atomic E-state index is 13.2. The number of thioether (sulfide) groups is 1. The number of amides is 1. The standard InChI is InChI=1S/C18H16F2N4OS2/c1-2-24(15-8-6-12(19)7-9-15)16(25)11-26-18-23-22-17(27-18)21-14-5-3-4-13(20)10-14/h3-10H,2,11H2,1H3,(H,21,22). The summed E-state index contributed by atoms with van der Waals surface area (Å²) < 4.78 is 26.9. The van der Waals surface area contributed by atoms with Crippen LogP contribution in [0.15, 0.2) is 52.9 Å². The summed E-state index contributed by atoms with van der Waals surface area (Å²) >= 11 is 2.55. The lowest BCUT2D eigenvalue weighted by atomic mass is 10.3. The maximum Gasteiger partial charge on any atom is 0.237 e. The SMILES string of the molecule is CCN(C(=O)CSc1nnc(Nc2cccc(F)c2)s1)c1ccc(F)cc1. The summed E-state index contributed by atoms with van der Waals surface area (Å²) in [6.45, 7) is 2.34. The van der Waals surface area contributed by atoms with Crippen LogP contribution in [0.3, 0.4) is 0 Å². The highest BCUT2D eigenvalue weighted by atomic mass is 32.2. The van der Waals surface area contributed by atoms with E-state index in [2.05, 4.69) is 15.5 Å². The lowest BCUT2D eigenvalue weighted by molar-refractivity contribution is -0.116. The van der Waals surface area contributed by atoms with Gasteiger partial charge in [-0.05, 0) is 49.4 Å². The largest absolute Gasteiger partial charge is 0.330 e. The Morgan fingerprint density at radius 3 is 2.63 bits per heavy atom. The van der Waals surface area contributed by atoms with Gasteiger partial charge in [0.15, 0.2) is 4.34 Å². The van der Waals surface area contributed by atoms with Crippen molar-refractivity contribution < 1.29 is 13.6 Å². The van der Waals surface area contributed by atoms with Gasteiger partial charge in [0.05, 0.1) is 5.75 Å². The van der Waals surface area contributed by atoms with Crippen molar-refractivity contribution in [1.82, 2.24) is 10.2 Å². The van der Waals surface area contributed by atoms with Crippen LogP contribution in [0.25, 0.3) is 0 Å². The summed E-state index contributed by atoms with van der Waals surface area (Å²) in [6.07, 6.45) is 0. The minimum atomic E-state index is -0.344. The van der Waals surface area contributed by atoms with Gasteiger partial charge >= 0.3 is 0 Å². The molecule has 0 spiro atoms. The van der Waals surface area contributed by atoms with Gasteiger partial charge in [-0.1, -0.05) is 29.2 Å². The number of hydrogen-bond acceptors (Lipinski definition) is 6. The van der Waals surface area contributed by atoms with Crippen LogP contribution in [0.2, 0.25) is 0 Å². The first-order chi connectivity index (χ1) is 13.0. The van der Waals surface area contributed by atoms with E-state index in [1.807, 2.05) is 6.92 Å². The molecule has 2 aromatic carbocycles. The van der Waals surface area contributed by atoms with Gasteiger partial charge in [0.2, 0.25) is 11.0 Å². The molecule has 0 fully saturated rings. The zero-order chi connectivity index (χ0) is 19.2. The van der Waals surface area contributed by atoms with E-state index in [4.69, 9.17) is 0 Å². The van der Waals surface area contributed by atoms with E-state index in [9.17, 15) is 13.6 Å².